The Hall–Kier alpha value is -2.73. The van der Waals surface area contributed by atoms with Crippen LogP contribution < -0.4 is 5.32 Å². The molecular weight excluding hydrogens is 328 g/mol. The molecule has 0 saturated heterocycles. The lowest BCUT2D eigenvalue weighted by atomic mass is 9.75. The number of aliphatic hydroxyl groups is 1. The quantitative estimate of drug-likeness (QED) is 0.741. The van der Waals surface area contributed by atoms with Gasteiger partial charge < -0.3 is 10.4 Å². The van der Waals surface area contributed by atoms with Gasteiger partial charge in [0.2, 0.25) is 0 Å². The van der Waals surface area contributed by atoms with Crippen molar-refractivity contribution in [2.75, 3.05) is 0 Å². The van der Waals surface area contributed by atoms with Crippen LogP contribution in [0.15, 0.2) is 48.9 Å². The van der Waals surface area contributed by atoms with Gasteiger partial charge in [0.25, 0.3) is 5.91 Å². The maximum absolute atomic E-state index is 12.7. The molecule has 1 fully saturated rings. The van der Waals surface area contributed by atoms with Crippen molar-refractivity contribution in [2.45, 2.75) is 38.5 Å². The maximum Gasteiger partial charge on any atom is 0.254 e. The van der Waals surface area contributed by atoms with Crippen molar-refractivity contribution in [1.82, 2.24) is 20.1 Å². The first kappa shape index (κ1) is 16.7. The summed E-state index contributed by atoms with van der Waals surface area (Å²) in [5.74, 6) is 0.0578. The Bertz CT molecular complexity index is 930. The molecule has 1 aliphatic rings. The number of hydrogen-bond acceptors (Lipinski definition) is 4. The average molecular weight is 350 g/mol. The average Bonchev–Trinajstić information content (AvgIpc) is 3.13. The monoisotopic (exact) mass is 350 g/mol. The van der Waals surface area contributed by atoms with E-state index in [1.54, 1.807) is 17.1 Å². The molecule has 0 radical (unpaired) electrons. The topological polar surface area (TPSA) is 80.0 Å². The molecule has 1 unspecified atom stereocenters. The largest absolute Gasteiger partial charge is 0.393 e. The first-order valence-electron chi connectivity index (χ1n) is 9.00. The van der Waals surface area contributed by atoms with E-state index in [9.17, 15) is 9.90 Å². The van der Waals surface area contributed by atoms with E-state index in [0.29, 0.717) is 18.4 Å². The van der Waals surface area contributed by atoms with Crippen molar-refractivity contribution in [1.29, 1.82) is 0 Å². The van der Waals surface area contributed by atoms with Gasteiger partial charge in [0.15, 0.2) is 0 Å². The lowest BCUT2D eigenvalue weighted by Crippen LogP contribution is -2.41. The summed E-state index contributed by atoms with van der Waals surface area (Å²) in [7, 11) is 0. The summed E-state index contributed by atoms with van der Waals surface area (Å²) in [5.41, 5.74) is 2.45. The van der Waals surface area contributed by atoms with Crippen LogP contribution in [-0.2, 0) is 6.54 Å². The van der Waals surface area contributed by atoms with Gasteiger partial charge in [0.1, 0.15) is 0 Å². The highest BCUT2D eigenvalue weighted by molar-refractivity contribution is 5.94. The Morgan fingerprint density at radius 2 is 2.15 bits per heavy atom. The highest BCUT2D eigenvalue weighted by atomic mass is 16.3. The normalized spacial score (nSPS) is 20.5. The number of pyridine rings is 1. The molecule has 2 heterocycles. The number of rotatable bonds is 5. The zero-order valence-corrected chi connectivity index (χ0v) is 14.7. The first-order chi connectivity index (χ1) is 12.6. The van der Waals surface area contributed by atoms with E-state index >= 15 is 0 Å². The Labute approximate surface area is 151 Å². The zero-order valence-electron chi connectivity index (χ0n) is 14.7. The van der Waals surface area contributed by atoms with E-state index in [-0.39, 0.29) is 24.0 Å². The van der Waals surface area contributed by atoms with Crippen molar-refractivity contribution >= 4 is 16.8 Å². The molecule has 0 aliphatic heterocycles. The third-order valence-corrected chi connectivity index (χ3v) is 5.10. The first-order valence-corrected chi connectivity index (χ1v) is 9.00. The van der Waals surface area contributed by atoms with Crippen molar-refractivity contribution in [3.63, 3.8) is 0 Å². The van der Waals surface area contributed by atoms with Gasteiger partial charge in [-0.15, -0.1) is 0 Å². The van der Waals surface area contributed by atoms with Crippen LogP contribution in [-0.4, -0.2) is 31.9 Å². The molecule has 2 aromatic heterocycles. The minimum atomic E-state index is -0.282. The Balaban J connectivity index is 1.62. The lowest BCUT2D eigenvalue weighted by molar-refractivity contribution is 0.0235. The molecule has 26 heavy (non-hydrogen) atoms. The third kappa shape index (κ3) is 3.20. The number of nitrogens with one attached hydrogen (secondary N) is 1. The fourth-order valence-electron chi connectivity index (χ4n) is 3.51. The summed E-state index contributed by atoms with van der Waals surface area (Å²) in [6.45, 7) is 2.70. The summed E-state index contributed by atoms with van der Waals surface area (Å²) in [5, 5.41) is 18.1. The van der Waals surface area contributed by atoms with E-state index in [1.165, 1.54) is 0 Å². The maximum atomic E-state index is 12.7. The predicted molar refractivity (Wildman–Crippen MR) is 98.6 cm³/mol. The van der Waals surface area contributed by atoms with E-state index in [2.05, 4.69) is 21.5 Å². The summed E-state index contributed by atoms with van der Waals surface area (Å²) in [6, 6.07) is 9.83. The van der Waals surface area contributed by atoms with Gasteiger partial charge in [-0.05, 0) is 43.4 Å². The molecule has 1 aliphatic carbocycles. The van der Waals surface area contributed by atoms with Crippen molar-refractivity contribution in [3.8, 4) is 0 Å². The number of fused-ring (bicyclic) bond motifs is 1. The van der Waals surface area contributed by atoms with Crippen LogP contribution in [0.1, 0.15) is 41.7 Å². The van der Waals surface area contributed by atoms with Gasteiger partial charge in [-0.25, -0.2) is 0 Å². The minimum Gasteiger partial charge on any atom is -0.393 e. The van der Waals surface area contributed by atoms with Crippen LogP contribution in [0, 0.1) is 5.92 Å². The second-order valence-corrected chi connectivity index (χ2v) is 6.88. The Morgan fingerprint density at radius 3 is 2.88 bits per heavy atom. The fraction of sp³-hybridized carbons (Fsp3) is 0.350. The molecule has 1 aromatic carbocycles. The molecule has 1 amide bonds. The van der Waals surface area contributed by atoms with Gasteiger partial charge in [0.05, 0.1) is 29.4 Å². The van der Waals surface area contributed by atoms with E-state index in [0.717, 1.165) is 23.0 Å². The Kier molecular flexibility index (Phi) is 4.42. The Morgan fingerprint density at radius 1 is 1.35 bits per heavy atom. The minimum absolute atomic E-state index is 0.149. The predicted octanol–water partition coefficient (Wildman–Crippen LogP) is 2.69. The van der Waals surface area contributed by atoms with Gasteiger partial charge in [-0.3, -0.25) is 14.5 Å². The lowest BCUT2D eigenvalue weighted by Gasteiger charge is -2.38. The molecule has 3 aromatic rings. The van der Waals surface area contributed by atoms with Crippen LogP contribution in [0.3, 0.4) is 0 Å². The summed E-state index contributed by atoms with van der Waals surface area (Å²) >= 11 is 0. The number of carbonyl (C=O) groups excluding carboxylic acids is 1. The van der Waals surface area contributed by atoms with Crippen LogP contribution >= 0.6 is 0 Å². The molecule has 134 valence electrons. The number of para-hydroxylation sites is 1. The molecule has 6 heteroatoms. The van der Waals surface area contributed by atoms with E-state index < -0.39 is 0 Å². The van der Waals surface area contributed by atoms with Crippen molar-refractivity contribution in [2.24, 2.45) is 5.92 Å². The van der Waals surface area contributed by atoms with Crippen LogP contribution in [0.25, 0.3) is 10.9 Å². The molecular formula is C20H22N4O2. The highest BCUT2D eigenvalue weighted by Crippen LogP contribution is 2.38. The number of benzene rings is 1. The number of carbonyl (C=O) groups is 1. The molecule has 2 N–H and O–H groups in total. The van der Waals surface area contributed by atoms with E-state index in [1.807, 2.05) is 37.4 Å². The summed E-state index contributed by atoms with van der Waals surface area (Å²) in [6.07, 6.45) is 6.26. The van der Waals surface area contributed by atoms with Gasteiger partial charge in [0, 0.05) is 24.3 Å². The SMILES string of the molecule is CCn1cc(C(=O)NC(c2cnc3ccccc3c2)C2CC(O)C2)cn1. The number of aromatic nitrogens is 3. The zero-order chi connectivity index (χ0) is 18.1. The van der Waals surface area contributed by atoms with Crippen molar-refractivity contribution < 1.29 is 9.90 Å². The molecule has 0 bridgehead atoms. The van der Waals surface area contributed by atoms with Gasteiger partial charge in [-0.2, -0.15) is 5.10 Å². The molecule has 1 saturated carbocycles. The molecule has 4 rings (SSSR count). The van der Waals surface area contributed by atoms with Gasteiger partial charge >= 0.3 is 0 Å². The number of aliphatic hydroxyl groups excluding tert-OH is 1. The number of amides is 1. The standard InChI is InChI=1S/C20H22N4O2/c1-2-24-12-16(11-22-24)20(26)23-19(14-8-17(25)9-14)15-7-13-5-3-4-6-18(13)21-10-15/h3-7,10-12,14,17,19,25H,2,8-9H2,1H3,(H,23,26). The molecule has 0 spiro atoms. The number of aryl methyl sites for hydroxylation is 1. The second-order valence-electron chi connectivity index (χ2n) is 6.88. The van der Waals surface area contributed by atoms with Crippen LogP contribution in [0.2, 0.25) is 0 Å². The highest BCUT2D eigenvalue weighted by Gasteiger charge is 2.36. The molecule has 6 nitrogen and oxygen atoms in total. The molecule has 1 atom stereocenters. The second kappa shape index (κ2) is 6.88. The van der Waals surface area contributed by atoms with Crippen molar-refractivity contribution in [3.05, 3.63) is 60.0 Å². The van der Waals surface area contributed by atoms with Gasteiger partial charge in [-0.1, -0.05) is 18.2 Å². The van der Waals surface area contributed by atoms with E-state index in [4.69, 9.17) is 0 Å². The smallest absolute Gasteiger partial charge is 0.254 e. The van der Waals surface area contributed by atoms with Crippen LogP contribution in [0.5, 0.6) is 0 Å². The fourth-order valence-corrected chi connectivity index (χ4v) is 3.51. The third-order valence-electron chi connectivity index (χ3n) is 5.10. The number of hydrogen-bond donors (Lipinski definition) is 2. The number of nitrogens with zero attached hydrogens (tertiary/aromatic N) is 3. The summed E-state index contributed by atoms with van der Waals surface area (Å²) in [4.78, 5) is 17.2. The van der Waals surface area contributed by atoms with Crippen LogP contribution in [0.4, 0.5) is 0 Å². The summed E-state index contributed by atoms with van der Waals surface area (Å²) < 4.78 is 1.73.